The number of primary amides is 2. The molecule has 1 saturated heterocycles. The summed E-state index contributed by atoms with van der Waals surface area (Å²) in [5.74, 6) is -14.0. The summed E-state index contributed by atoms with van der Waals surface area (Å²) in [6, 6.07) is -13.8. The summed E-state index contributed by atoms with van der Waals surface area (Å²) in [6.07, 6.45) is -3.62. The predicted molar refractivity (Wildman–Crippen MR) is 245 cm³/mol. The monoisotopic (exact) mass is 1000 g/mol. The van der Waals surface area contributed by atoms with E-state index in [1.807, 2.05) is 5.32 Å². The lowest BCUT2D eigenvalue weighted by Gasteiger charge is -2.33. The minimum Gasteiger partial charge on any atom is -0.481 e. The Morgan fingerprint density at radius 3 is 1.51 bits per heavy atom. The van der Waals surface area contributed by atoms with Gasteiger partial charge in [-0.15, -0.1) is 0 Å². The van der Waals surface area contributed by atoms with Crippen LogP contribution in [-0.4, -0.2) is 170 Å². The molecule has 0 aromatic heterocycles. The van der Waals surface area contributed by atoms with Crippen molar-refractivity contribution in [2.75, 3.05) is 13.2 Å². The Kier molecular flexibility index (Phi) is 26.0. The van der Waals surface area contributed by atoms with E-state index in [9.17, 15) is 78.0 Å². The van der Waals surface area contributed by atoms with Crippen molar-refractivity contribution in [3.8, 4) is 0 Å². The number of hydrogen-bond donors (Lipinski definition) is 14. The Labute approximate surface area is 405 Å². The molecule has 0 aliphatic carbocycles. The van der Waals surface area contributed by atoms with Crippen LogP contribution in [-0.2, 0) is 57.5 Å². The number of rotatable bonds is 31. The van der Waals surface area contributed by atoms with Crippen LogP contribution in [0.5, 0.6) is 0 Å². The molecular weight excluding hydrogens is 927 g/mol. The van der Waals surface area contributed by atoms with Gasteiger partial charge in [0, 0.05) is 13.0 Å². The van der Waals surface area contributed by atoms with Gasteiger partial charge in [-0.1, -0.05) is 48.0 Å². The van der Waals surface area contributed by atoms with Crippen molar-refractivity contribution in [3.63, 3.8) is 0 Å². The van der Waals surface area contributed by atoms with Gasteiger partial charge in [0.05, 0.1) is 31.6 Å². The summed E-state index contributed by atoms with van der Waals surface area (Å²) in [5, 5.41) is 54.7. The maximum Gasteiger partial charge on any atom is 0.328 e. The van der Waals surface area contributed by atoms with Crippen LogP contribution in [0.25, 0.3) is 0 Å². The normalized spacial score (nSPS) is 17.7. The fourth-order valence-electron chi connectivity index (χ4n) is 7.29. The number of nitrogens with two attached hydrogens (primary N) is 3. The molecular formula is C43H73N11O16. The molecule has 0 saturated carbocycles. The average molecular weight is 1000 g/mol. The first kappa shape index (κ1) is 61.5. The van der Waals surface area contributed by atoms with E-state index in [1.54, 1.807) is 41.5 Å². The molecule has 70 heavy (non-hydrogen) atoms. The average Bonchev–Trinajstić information content (AvgIpc) is 3.75. The molecule has 1 aliphatic rings. The number of likely N-dealkylation sites (tertiary alicyclic amines) is 1. The van der Waals surface area contributed by atoms with Crippen LogP contribution in [0.1, 0.15) is 106 Å². The van der Waals surface area contributed by atoms with Gasteiger partial charge in [0.15, 0.2) is 6.04 Å². The fraction of sp³-hybridized carbons (Fsp3) is 0.721. The van der Waals surface area contributed by atoms with E-state index in [4.69, 9.17) is 17.2 Å². The number of amides is 10. The number of carboxylic acids is 2. The zero-order valence-corrected chi connectivity index (χ0v) is 40.7. The number of carbonyl (C=O) groups excluding carboxylic acids is 10. The summed E-state index contributed by atoms with van der Waals surface area (Å²) in [7, 11) is 0. The van der Waals surface area contributed by atoms with Crippen LogP contribution in [0, 0.1) is 17.8 Å². The lowest BCUT2D eigenvalue weighted by molar-refractivity contribution is -0.145. The summed E-state index contributed by atoms with van der Waals surface area (Å²) in [6.45, 7) is 10.5. The summed E-state index contributed by atoms with van der Waals surface area (Å²) in [4.78, 5) is 157. The van der Waals surface area contributed by atoms with Crippen molar-refractivity contribution in [2.24, 2.45) is 35.0 Å². The van der Waals surface area contributed by atoms with E-state index in [1.165, 1.54) is 4.90 Å². The molecule has 1 rings (SSSR count). The second-order valence-electron chi connectivity index (χ2n) is 18.3. The molecule has 0 spiro atoms. The molecule has 11 atom stereocenters. The van der Waals surface area contributed by atoms with Crippen LogP contribution >= 0.6 is 0 Å². The van der Waals surface area contributed by atoms with Crippen molar-refractivity contribution >= 4 is 71.0 Å². The zero-order chi connectivity index (χ0) is 53.7. The lowest BCUT2D eigenvalue weighted by atomic mass is 9.96. The molecule has 0 aromatic rings. The molecule has 17 N–H and O–H groups in total. The van der Waals surface area contributed by atoms with Crippen LogP contribution in [0.4, 0.5) is 0 Å². The highest BCUT2D eigenvalue weighted by Crippen LogP contribution is 2.22. The van der Waals surface area contributed by atoms with Crippen molar-refractivity contribution in [3.05, 3.63) is 0 Å². The van der Waals surface area contributed by atoms with Gasteiger partial charge in [-0.25, -0.2) is 4.79 Å². The van der Waals surface area contributed by atoms with E-state index >= 15 is 0 Å². The molecule has 1 aliphatic heterocycles. The van der Waals surface area contributed by atoms with Gasteiger partial charge in [0.2, 0.25) is 59.1 Å². The molecule has 1 heterocycles. The molecule has 27 nitrogen and oxygen atoms in total. The third-order valence-corrected chi connectivity index (χ3v) is 11.2. The van der Waals surface area contributed by atoms with Gasteiger partial charge >= 0.3 is 11.9 Å². The molecule has 10 amide bonds. The van der Waals surface area contributed by atoms with Gasteiger partial charge in [-0.3, -0.25) is 52.7 Å². The maximum atomic E-state index is 14.4. The smallest absolute Gasteiger partial charge is 0.328 e. The first-order chi connectivity index (χ1) is 32.5. The molecule has 0 aromatic carbocycles. The standard InChI is InChI=1S/C43H73N11O16/c1-8-21(6)33(52-38(64)26(16-30(45)57)48-36(62)24(11-12-32(59)60)47-40(66)28(18-55)51-35(61)23(44)14-19(2)3)42(68)54-13-9-10-29(54)41(67)50-25(15-20(4)5)37(63)49-27(17-31(46)58)39(65)53-34(22(7)56)43(69)70/h19-29,33-34,55-56H,8-18,44H2,1-7H3,(H2,45,57)(H2,46,58)(H,47,66)(H,48,62)(H,49,63)(H,50,67)(H,51,61)(H,52,64)(H,53,65)(H,59,60)(H,69,70)/t21-,22+,23-,24-,25-,26-,27-,28-,29-,33-,34-/m0/s1. The van der Waals surface area contributed by atoms with Crippen LogP contribution in [0.3, 0.4) is 0 Å². The van der Waals surface area contributed by atoms with Gasteiger partial charge < -0.3 is 79.7 Å². The molecule has 0 bridgehead atoms. The quantitative estimate of drug-likeness (QED) is 0.0309. The lowest BCUT2D eigenvalue weighted by Crippen LogP contribution is -2.61. The number of aliphatic carboxylic acids is 2. The topological polar surface area (TPSA) is 451 Å². The van der Waals surface area contributed by atoms with Crippen molar-refractivity contribution in [1.29, 1.82) is 0 Å². The van der Waals surface area contributed by atoms with E-state index in [-0.39, 0.29) is 50.5 Å². The highest BCUT2D eigenvalue weighted by atomic mass is 16.4. The molecule has 0 unspecified atom stereocenters. The first-order valence-corrected chi connectivity index (χ1v) is 23.0. The van der Waals surface area contributed by atoms with E-state index in [0.29, 0.717) is 0 Å². The SMILES string of the molecule is CC[C@H](C)[C@H](NC(=O)[C@H](CC(N)=O)NC(=O)[C@H](CCC(=O)O)NC(=O)[C@H](CO)NC(=O)[C@@H](N)CC(C)C)C(=O)N1CCC[C@H]1C(=O)N[C@@H](CC(C)C)C(=O)N[C@@H](CC(N)=O)C(=O)N[C@H](C(=O)O)[C@@H](C)O. The van der Waals surface area contributed by atoms with Gasteiger partial charge in [0.1, 0.15) is 42.3 Å². The largest absolute Gasteiger partial charge is 0.481 e. The summed E-state index contributed by atoms with van der Waals surface area (Å²) < 4.78 is 0. The van der Waals surface area contributed by atoms with Gasteiger partial charge in [-0.05, 0) is 56.8 Å². The van der Waals surface area contributed by atoms with Crippen molar-refractivity contribution in [2.45, 2.75) is 167 Å². The predicted octanol–water partition coefficient (Wildman–Crippen LogP) is -5.09. The van der Waals surface area contributed by atoms with E-state index < -0.39 is 170 Å². The number of nitrogens with zero attached hydrogens (tertiary/aromatic N) is 1. The number of aliphatic hydroxyl groups is 2. The Balaban J connectivity index is 3.42. The number of aliphatic hydroxyl groups excluding tert-OH is 2. The highest BCUT2D eigenvalue weighted by Gasteiger charge is 2.42. The van der Waals surface area contributed by atoms with Gasteiger partial charge in [0.25, 0.3) is 0 Å². The van der Waals surface area contributed by atoms with Crippen molar-refractivity contribution < 1.29 is 78.0 Å². The van der Waals surface area contributed by atoms with Gasteiger partial charge in [-0.2, -0.15) is 0 Å². The highest BCUT2D eigenvalue weighted by molar-refractivity contribution is 6.00. The molecule has 1 fully saturated rings. The van der Waals surface area contributed by atoms with E-state index in [2.05, 4.69) is 31.9 Å². The fourth-order valence-corrected chi connectivity index (χ4v) is 7.29. The summed E-state index contributed by atoms with van der Waals surface area (Å²) >= 11 is 0. The molecule has 396 valence electrons. The summed E-state index contributed by atoms with van der Waals surface area (Å²) in [5.41, 5.74) is 16.6. The second-order valence-corrected chi connectivity index (χ2v) is 18.3. The maximum absolute atomic E-state index is 14.4. The number of carbonyl (C=O) groups is 12. The van der Waals surface area contributed by atoms with Crippen LogP contribution < -0.4 is 54.4 Å². The number of carboxylic acid groups (broad SMARTS) is 2. The van der Waals surface area contributed by atoms with Crippen LogP contribution in [0.2, 0.25) is 0 Å². The Hall–Kier alpha value is -6.48. The third kappa shape index (κ3) is 20.6. The number of hydrogen-bond acceptors (Lipinski definition) is 15. The van der Waals surface area contributed by atoms with E-state index in [0.717, 1.165) is 6.92 Å². The van der Waals surface area contributed by atoms with Crippen LogP contribution in [0.15, 0.2) is 0 Å². The third-order valence-electron chi connectivity index (χ3n) is 11.2. The van der Waals surface area contributed by atoms with Crippen molar-refractivity contribution in [1.82, 2.24) is 42.1 Å². The Morgan fingerprint density at radius 1 is 0.614 bits per heavy atom. The first-order valence-electron chi connectivity index (χ1n) is 23.0. The minimum atomic E-state index is -1.82. The molecule has 0 radical (unpaired) electrons. The molecule has 27 heteroatoms. The minimum absolute atomic E-state index is 0.000998. The zero-order valence-electron chi connectivity index (χ0n) is 40.7. The Bertz CT molecular complexity index is 1900. The second kappa shape index (κ2) is 29.5. The number of nitrogens with one attached hydrogen (secondary N) is 7. The Morgan fingerprint density at radius 2 is 1.07 bits per heavy atom.